The van der Waals surface area contributed by atoms with E-state index < -0.39 is 0 Å². The number of rotatable bonds is 3. The van der Waals surface area contributed by atoms with Gasteiger partial charge in [-0.3, -0.25) is 4.79 Å². The van der Waals surface area contributed by atoms with Gasteiger partial charge >= 0.3 is 0 Å². The summed E-state index contributed by atoms with van der Waals surface area (Å²) in [6, 6.07) is 10.1. The lowest BCUT2D eigenvalue weighted by atomic mass is 10.1. The van der Waals surface area contributed by atoms with Gasteiger partial charge < -0.3 is 11.1 Å². The zero-order chi connectivity index (χ0) is 15.6. The molecule has 0 heterocycles. The standard InChI is InChI=1S/C15H12Cl2N2OS/c1-8-3-2-4-12(13(8)14(18)21)19-15(20)10-6-5-9(16)7-11(10)17/h2-7H,1H3,(H2,18,21)(H,19,20). The summed E-state index contributed by atoms with van der Waals surface area (Å²) in [5.41, 5.74) is 8.14. The predicted octanol–water partition coefficient (Wildman–Crippen LogP) is 4.19. The molecular weight excluding hydrogens is 327 g/mol. The molecule has 0 aliphatic carbocycles. The molecule has 0 saturated heterocycles. The van der Waals surface area contributed by atoms with Crippen LogP contribution in [0.15, 0.2) is 36.4 Å². The number of nitrogens with two attached hydrogens (primary N) is 1. The third-order valence-corrected chi connectivity index (χ3v) is 3.70. The molecule has 0 aliphatic rings. The first-order valence-electron chi connectivity index (χ1n) is 6.06. The summed E-state index contributed by atoms with van der Waals surface area (Å²) in [6.07, 6.45) is 0. The Labute approximate surface area is 138 Å². The van der Waals surface area contributed by atoms with Crippen LogP contribution in [-0.4, -0.2) is 10.9 Å². The van der Waals surface area contributed by atoms with Crippen molar-refractivity contribution in [2.24, 2.45) is 5.73 Å². The van der Waals surface area contributed by atoms with Crippen LogP contribution in [0.2, 0.25) is 10.0 Å². The summed E-state index contributed by atoms with van der Waals surface area (Å²) in [5, 5.41) is 3.53. The topological polar surface area (TPSA) is 55.1 Å². The van der Waals surface area contributed by atoms with E-state index in [0.717, 1.165) is 5.56 Å². The molecule has 21 heavy (non-hydrogen) atoms. The molecule has 0 bridgehead atoms. The number of nitrogens with one attached hydrogen (secondary N) is 1. The van der Waals surface area contributed by atoms with Gasteiger partial charge in [-0.25, -0.2) is 0 Å². The normalized spacial score (nSPS) is 10.2. The van der Waals surface area contributed by atoms with Crippen molar-refractivity contribution in [2.45, 2.75) is 6.92 Å². The second-order valence-corrected chi connectivity index (χ2v) is 5.72. The van der Waals surface area contributed by atoms with Crippen LogP contribution in [0.3, 0.4) is 0 Å². The van der Waals surface area contributed by atoms with Crippen LogP contribution in [0.5, 0.6) is 0 Å². The summed E-state index contributed by atoms with van der Waals surface area (Å²) < 4.78 is 0. The lowest BCUT2D eigenvalue weighted by Crippen LogP contribution is -2.19. The second kappa shape index (κ2) is 6.43. The zero-order valence-electron chi connectivity index (χ0n) is 11.1. The molecule has 0 aliphatic heterocycles. The number of halogens is 2. The van der Waals surface area contributed by atoms with Gasteiger partial charge in [-0.2, -0.15) is 0 Å². The molecule has 2 aromatic rings. The minimum absolute atomic E-state index is 0.227. The molecule has 0 unspecified atom stereocenters. The Morgan fingerprint density at radius 3 is 2.57 bits per heavy atom. The summed E-state index contributed by atoms with van der Waals surface area (Å²) in [6.45, 7) is 1.87. The molecule has 0 saturated carbocycles. The van der Waals surface area contributed by atoms with E-state index in [2.05, 4.69) is 5.32 Å². The fraction of sp³-hybridized carbons (Fsp3) is 0.0667. The van der Waals surface area contributed by atoms with Crippen molar-refractivity contribution in [1.82, 2.24) is 0 Å². The van der Waals surface area contributed by atoms with Gasteiger partial charge in [0.25, 0.3) is 5.91 Å². The molecule has 0 aromatic heterocycles. The van der Waals surface area contributed by atoms with Crippen molar-refractivity contribution in [3.05, 3.63) is 63.1 Å². The maximum atomic E-state index is 12.3. The number of carbonyl (C=O) groups excluding carboxylic acids is 1. The predicted molar refractivity (Wildman–Crippen MR) is 91.5 cm³/mol. The van der Waals surface area contributed by atoms with E-state index in [4.69, 9.17) is 41.2 Å². The number of benzene rings is 2. The summed E-state index contributed by atoms with van der Waals surface area (Å²) in [5.74, 6) is -0.347. The maximum Gasteiger partial charge on any atom is 0.257 e. The van der Waals surface area contributed by atoms with Gasteiger partial charge in [0.2, 0.25) is 0 Å². The molecule has 6 heteroatoms. The van der Waals surface area contributed by atoms with E-state index in [1.54, 1.807) is 18.2 Å². The molecule has 3 nitrogen and oxygen atoms in total. The van der Waals surface area contributed by atoms with Crippen LogP contribution in [0.4, 0.5) is 5.69 Å². The van der Waals surface area contributed by atoms with Crippen LogP contribution < -0.4 is 11.1 Å². The van der Waals surface area contributed by atoms with Crippen molar-refractivity contribution >= 4 is 52.0 Å². The third kappa shape index (κ3) is 3.53. The fourth-order valence-corrected chi connectivity index (χ4v) is 2.73. The average Bonchev–Trinajstić information content (AvgIpc) is 2.37. The van der Waals surface area contributed by atoms with Gasteiger partial charge in [0.05, 0.1) is 16.3 Å². The first-order chi connectivity index (χ1) is 9.90. The van der Waals surface area contributed by atoms with E-state index in [0.29, 0.717) is 21.8 Å². The highest BCUT2D eigenvalue weighted by atomic mass is 35.5. The van der Waals surface area contributed by atoms with Gasteiger partial charge in [-0.15, -0.1) is 0 Å². The van der Waals surface area contributed by atoms with Crippen LogP contribution in [0, 0.1) is 6.92 Å². The molecule has 108 valence electrons. The Bertz CT molecular complexity index is 732. The lowest BCUT2D eigenvalue weighted by Gasteiger charge is -2.13. The summed E-state index contributed by atoms with van der Waals surface area (Å²) in [7, 11) is 0. The van der Waals surface area contributed by atoms with E-state index >= 15 is 0 Å². The van der Waals surface area contributed by atoms with E-state index in [1.165, 1.54) is 6.07 Å². The third-order valence-electron chi connectivity index (χ3n) is 2.94. The molecule has 2 aromatic carbocycles. The van der Waals surface area contributed by atoms with Gasteiger partial charge in [-0.1, -0.05) is 47.6 Å². The van der Waals surface area contributed by atoms with E-state index in [-0.39, 0.29) is 15.9 Å². The molecule has 0 radical (unpaired) electrons. The Balaban J connectivity index is 2.36. The van der Waals surface area contributed by atoms with Crippen LogP contribution >= 0.6 is 35.4 Å². The molecule has 2 rings (SSSR count). The van der Waals surface area contributed by atoms with Crippen molar-refractivity contribution in [3.63, 3.8) is 0 Å². The highest BCUT2D eigenvalue weighted by Gasteiger charge is 2.14. The Hall–Kier alpha value is -1.62. The highest BCUT2D eigenvalue weighted by Crippen LogP contribution is 2.24. The van der Waals surface area contributed by atoms with Crippen LogP contribution in [-0.2, 0) is 0 Å². The van der Waals surface area contributed by atoms with E-state index in [9.17, 15) is 4.79 Å². The minimum atomic E-state index is -0.347. The molecule has 3 N–H and O–H groups in total. The number of hydrogen-bond donors (Lipinski definition) is 2. The Kier molecular flexibility index (Phi) is 4.83. The van der Waals surface area contributed by atoms with Gasteiger partial charge in [0.15, 0.2) is 0 Å². The van der Waals surface area contributed by atoms with Crippen LogP contribution in [0.25, 0.3) is 0 Å². The SMILES string of the molecule is Cc1cccc(NC(=O)c2ccc(Cl)cc2Cl)c1C(N)=S. The summed E-state index contributed by atoms with van der Waals surface area (Å²) in [4.78, 5) is 12.5. The minimum Gasteiger partial charge on any atom is -0.389 e. The van der Waals surface area contributed by atoms with Gasteiger partial charge in [0, 0.05) is 10.6 Å². The first kappa shape index (κ1) is 15.8. The zero-order valence-corrected chi connectivity index (χ0v) is 13.4. The van der Waals surface area contributed by atoms with Crippen molar-refractivity contribution in [1.29, 1.82) is 0 Å². The smallest absolute Gasteiger partial charge is 0.257 e. The number of hydrogen-bond acceptors (Lipinski definition) is 2. The molecule has 1 amide bonds. The van der Waals surface area contributed by atoms with Crippen LogP contribution in [0.1, 0.15) is 21.5 Å². The highest BCUT2D eigenvalue weighted by molar-refractivity contribution is 7.80. The number of thiocarbonyl (C=S) groups is 1. The molecule has 0 spiro atoms. The number of aryl methyl sites for hydroxylation is 1. The lowest BCUT2D eigenvalue weighted by molar-refractivity contribution is 0.102. The number of amides is 1. The quantitative estimate of drug-likeness (QED) is 0.825. The maximum absolute atomic E-state index is 12.3. The van der Waals surface area contributed by atoms with Gasteiger partial charge in [0.1, 0.15) is 4.99 Å². The molecule has 0 fully saturated rings. The number of carbonyl (C=O) groups is 1. The number of anilines is 1. The van der Waals surface area contributed by atoms with Crippen molar-refractivity contribution in [3.8, 4) is 0 Å². The first-order valence-corrected chi connectivity index (χ1v) is 7.22. The fourth-order valence-electron chi connectivity index (χ4n) is 1.96. The Morgan fingerprint density at radius 2 is 1.95 bits per heavy atom. The molecule has 0 atom stereocenters. The summed E-state index contributed by atoms with van der Waals surface area (Å²) >= 11 is 16.9. The van der Waals surface area contributed by atoms with Crippen molar-refractivity contribution < 1.29 is 4.79 Å². The average molecular weight is 339 g/mol. The van der Waals surface area contributed by atoms with E-state index in [1.807, 2.05) is 19.1 Å². The Morgan fingerprint density at radius 1 is 1.24 bits per heavy atom. The second-order valence-electron chi connectivity index (χ2n) is 4.44. The monoisotopic (exact) mass is 338 g/mol. The van der Waals surface area contributed by atoms with Crippen molar-refractivity contribution in [2.75, 3.05) is 5.32 Å². The molecular formula is C15H12Cl2N2OS. The largest absolute Gasteiger partial charge is 0.389 e. The van der Waals surface area contributed by atoms with Gasteiger partial charge in [-0.05, 0) is 36.8 Å².